The van der Waals surface area contributed by atoms with E-state index >= 15 is 0 Å². The summed E-state index contributed by atoms with van der Waals surface area (Å²) in [4.78, 5) is 30.7. The molecule has 8 heteroatoms. The van der Waals surface area contributed by atoms with E-state index in [1.807, 2.05) is 37.3 Å². The molecular weight excluding hydrogens is 446 g/mol. The van der Waals surface area contributed by atoms with Gasteiger partial charge in [0.25, 0.3) is 0 Å². The number of amides is 1. The Morgan fingerprint density at radius 1 is 1.15 bits per heavy atom. The number of anilines is 2. The minimum Gasteiger partial charge on any atom is -0.455 e. The van der Waals surface area contributed by atoms with Crippen LogP contribution in [-0.4, -0.2) is 33.9 Å². The lowest BCUT2D eigenvalue weighted by Crippen LogP contribution is -2.38. The third kappa shape index (κ3) is 4.46. The van der Waals surface area contributed by atoms with Crippen molar-refractivity contribution in [3.8, 4) is 11.5 Å². The third-order valence-corrected chi connectivity index (χ3v) is 7.53. The Balaban J connectivity index is 1.22. The van der Waals surface area contributed by atoms with Crippen molar-refractivity contribution in [2.24, 2.45) is 5.92 Å². The highest BCUT2D eigenvalue weighted by atomic mass is 32.1. The molecule has 4 heterocycles. The van der Waals surface area contributed by atoms with E-state index in [1.165, 1.54) is 10.4 Å². The molecule has 0 spiro atoms. The fraction of sp³-hybridized carbons (Fsp3) is 0.308. The number of nitrogens with one attached hydrogen (secondary N) is 1. The Kier molecular flexibility index (Phi) is 6.15. The van der Waals surface area contributed by atoms with Crippen LogP contribution in [0.4, 0.5) is 11.5 Å². The molecule has 0 unspecified atom stereocenters. The summed E-state index contributed by atoms with van der Waals surface area (Å²) in [5, 5.41) is 4.24. The van der Waals surface area contributed by atoms with Crippen LogP contribution in [-0.2, 0) is 4.79 Å². The second-order valence-corrected chi connectivity index (χ2v) is 9.89. The van der Waals surface area contributed by atoms with Crippen LogP contribution < -0.4 is 15.0 Å². The van der Waals surface area contributed by atoms with Crippen molar-refractivity contribution in [2.45, 2.75) is 33.6 Å². The van der Waals surface area contributed by atoms with Gasteiger partial charge in [-0.25, -0.2) is 9.97 Å². The minimum absolute atomic E-state index is 0.0227. The Morgan fingerprint density at radius 3 is 2.71 bits per heavy atom. The summed E-state index contributed by atoms with van der Waals surface area (Å²) in [5.41, 5.74) is 2.98. The quantitative estimate of drug-likeness (QED) is 0.403. The van der Waals surface area contributed by atoms with Gasteiger partial charge < -0.3 is 15.0 Å². The van der Waals surface area contributed by atoms with Crippen molar-refractivity contribution in [1.82, 2.24) is 15.0 Å². The summed E-state index contributed by atoms with van der Waals surface area (Å²) in [6.45, 7) is 7.83. The molecule has 5 rings (SSSR count). The first kappa shape index (κ1) is 22.3. The highest BCUT2D eigenvalue weighted by Crippen LogP contribution is 2.36. The maximum atomic E-state index is 13.0. The van der Waals surface area contributed by atoms with Gasteiger partial charge in [-0.2, -0.15) is 0 Å². The summed E-state index contributed by atoms with van der Waals surface area (Å²) in [6, 6.07) is 9.40. The molecule has 1 aliphatic heterocycles. The number of aromatic nitrogens is 3. The zero-order valence-corrected chi connectivity index (χ0v) is 20.4. The topological polar surface area (TPSA) is 80.2 Å². The molecule has 4 aromatic rings. The molecular formula is C26H27N5O2S. The monoisotopic (exact) mass is 473 g/mol. The maximum absolute atomic E-state index is 13.0. The molecule has 1 aliphatic rings. The summed E-state index contributed by atoms with van der Waals surface area (Å²) >= 11 is 1.71. The number of thiophene rings is 1. The molecule has 0 saturated carbocycles. The number of hydrogen-bond donors (Lipinski definition) is 1. The van der Waals surface area contributed by atoms with Crippen molar-refractivity contribution in [3.05, 3.63) is 65.1 Å². The molecule has 174 valence electrons. The maximum Gasteiger partial charge on any atom is 0.227 e. The van der Waals surface area contributed by atoms with Crippen LogP contribution in [0.5, 0.6) is 11.5 Å². The second-order valence-electron chi connectivity index (χ2n) is 8.68. The molecule has 1 fully saturated rings. The van der Waals surface area contributed by atoms with Crippen LogP contribution in [0.15, 0.2) is 49.1 Å². The summed E-state index contributed by atoms with van der Waals surface area (Å²) in [7, 11) is 0. The van der Waals surface area contributed by atoms with Crippen LogP contribution in [0.25, 0.3) is 10.2 Å². The largest absolute Gasteiger partial charge is 0.455 e. The average Bonchev–Trinajstić information content (AvgIpc) is 3.15. The Bertz CT molecular complexity index is 1330. The molecule has 1 amide bonds. The molecule has 0 radical (unpaired) electrons. The molecule has 0 atom stereocenters. The number of fused-ring (bicyclic) bond motifs is 1. The first-order valence-corrected chi connectivity index (χ1v) is 12.3. The predicted molar refractivity (Wildman–Crippen MR) is 136 cm³/mol. The van der Waals surface area contributed by atoms with Crippen molar-refractivity contribution in [2.75, 3.05) is 23.3 Å². The fourth-order valence-electron chi connectivity index (χ4n) is 4.38. The summed E-state index contributed by atoms with van der Waals surface area (Å²) in [6.07, 6.45) is 6.62. The van der Waals surface area contributed by atoms with Gasteiger partial charge >= 0.3 is 0 Å². The number of rotatable bonds is 5. The average molecular weight is 474 g/mol. The van der Waals surface area contributed by atoms with Gasteiger partial charge in [0.15, 0.2) is 0 Å². The summed E-state index contributed by atoms with van der Waals surface area (Å²) < 4.78 is 5.89. The highest BCUT2D eigenvalue weighted by Gasteiger charge is 2.27. The number of carbonyl (C=O) groups is 1. The highest BCUT2D eigenvalue weighted by molar-refractivity contribution is 7.18. The second kappa shape index (κ2) is 9.38. The number of pyridine rings is 1. The molecule has 0 aliphatic carbocycles. The van der Waals surface area contributed by atoms with Crippen LogP contribution in [0.2, 0.25) is 0 Å². The Labute approximate surface area is 202 Å². The SMILES string of the molecule is Cc1cc(NC(=O)C2CCN(c3ncnc4sc(C)c(C)c34)CC2)ccc1Oc1cccnc1. The van der Waals surface area contributed by atoms with E-state index in [9.17, 15) is 4.79 Å². The zero-order chi connectivity index (χ0) is 23.7. The minimum atomic E-state index is -0.0227. The number of benzene rings is 1. The first-order valence-electron chi connectivity index (χ1n) is 11.4. The third-order valence-electron chi connectivity index (χ3n) is 6.42. The van der Waals surface area contributed by atoms with Gasteiger partial charge in [-0.05, 0) is 75.1 Å². The van der Waals surface area contributed by atoms with E-state index in [1.54, 1.807) is 30.1 Å². The lowest BCUT2D eigenvalue weighted by atomic mass is 9.95. The molecule has 3 aromatic heterocycles. The number of piperidine rings is 1. The van der Waals surface area contributed by atoms with Crippen molar-refractivity contribution in [1.29, 1.82) is 0 Å². The normalized spacial score (nSPS) is 14.4. The van der Waals surface area contributed by atoms with Crippen molar-refractivity contribution in [3.63, 3.8) is 0 Å². The number of nitrogens with zero attached hydrogens (tertiary/aromatic N) is 4. The van der Waals surface area contributed by atoms with Crippen LogP contribution >= 0.6 is 11.3 Å². The molecule has 1 N–H and O–H groups in total. The fourth-order valence-corrected chi connectivity index (χ4v) is 5.37. The van der Waals surface area contributed by atoms with Gasteiger partial charge in [-0.3, -0.25) is 9.78 Å². The smallest absolute Gasteiger partial charge is 0.227 e. The van der Waals surface area contributed by atoms with Crippen LogP contribution in [0.3, 0.4) is 0 Å². The van der Waals surface area contributed by atoms with Gasteiger partial charge in [-0.1, -0.05) is 0 Å². The first-order chi connectivity index (χ1) is 16.5. The molecule has 7 nitrogen and oxygen atoms in total. The number of aryl methyl sites for hydroxylation is 3. The molecule has 34 heavy (non-hydrogen) atoms. The van der Waals surface area contributed by atoms with Crippen LogP contribution in [0.1, 0.15) is 28.8 Å². The molecule has 0 bridgehead atoms. The number of ether oxygens (including phenoxy) is 1. The zero-order valence-electron chi connectivity index (χ0n) is 19.5. The van der Waals surface area contributed by atoms with Crippen LogP contribution in [0, 0.1) is 26.7 Å². The van der Waals surface area contributed by atoms with Crippen molar-refractivity contribution < 1.29 is 9.53 Å². The predicted octanol–water partition coefficient (Wildman–Crippen LogP) is 5.66. The van der Waals surface area contributed by atoms with Gasteiger partial charge in [0, 0.05) is 35.8 Å². The van der Waals surface area contributed by atoms with Gasteiger partial charge in [-0.15, -0.1) is 11.3 Å². The Hall–Kier alpha value is -3.52. The number of hydrogen-bond acceptors (Lipinski definition) is 7. The van der Waals surface area contributed by atoms with Gasteiger partial charge in [0.2, 0.25) is 5.91 Å². The van der Waals surface area contributed by atoms with Gasteiger partial charge in [0.05, 0.1) is 11.6 Å². The lowest BCUT2D eigenvalue weighted by molar-refractivity contribution is -0.120. The standard InChI is InChI=1S/C26H27N5O2S/c1-16-13-20(6-7-22(16)33-21-5-4-10-27-14-21)30-25(32)19-8-11-31(12-9-19)24-23-17(2)18(3)34-26(23)29-15-28-24/h4-7,10,13-15,19H,8-9,11-12H2,1-3H3,(H,30,32). The lowest BCUT2D eigenvalue weighted by Gasteiger charge is -2.32. The van der Waals surface area contributed by atoms with Gasteiger partial charge in [0.1, 0.15) is 28.5 Å². The van der Waals surface area contributed by atoms with E-state index in [-0.39, 0.29) is 11.8 Å². The van der Waals surface area contributed by atoms with E-state index in [0.29, 0.717) is 5.75 Å². The van der Waals surface area contributed by atoms with Crippen molar-refractivity contribution >= 4 is 39.0 Å². The van der Waals surface area contributed by atoms with E-state index in [0.717, 1.165) is 59.0 Å². The van der Waals surface area contributed by atoms with E-state index in [2.05, 4.69) is 39.0 Å². The molecule has 1 aromatic carbocycles. The number of carbonyl (C=O) groups excluding carboxylic acids is 1. The molecule has 1 saturated heterocycles. The van der Waals surface area contributed by atoms with E-state index < -0.39 is 0 Å². The summed E-state index contributed by atoms with van der Waals surface area (Å²) in [5.74, 6) is 2.46. The van der Waals surface area contributed by atoms with E-state index in [4.69, 9.17) is 4.74 Å². The Morgan fingerprint density at radius 2 is 1.97 bits per heavy atom.